The Hall–Kier alpha value is -0.380. The predicted octanol–water partition coefficient (Wildman–Crippen LogP) is 1.91. The summed E-state index contributed by atoms with van der Waals surface area (Å²) in [6, 6.07) is 0.870. The topological polar surface area (TPSA) is 9.72 Å². The van der Waals surface area contributed by atoms with Crippen molar-refractivity contribution in [1.82, 2.24) is 14.7 Å². The Morgan fingerprint density at radius 1 is 0.905 bits per heavy atom. The second kappa shape index (κ2) is 6.02. The fourth-order valence-corrected chi connectivity index (χ4v) is 5.09. The van der Waals surface area contributed by atoms with Gasteiger partial charge in [0.25, 0.3) is 0 Å². The van der Waals surface area contributed by atoms with Crippen molar-refractivity contribution in [3.05, 3.63) is 12.2 Å². The first kappa shape index (κ1) is 14.2. The Balaban J connectivity index is 1.23. The number of hydrogen-bond donors (Lipinski definition) is 0. The van der Waals surface area contributed by atoms with Crippen molar-refractivity contribution < 1.29 is 0 Å². The molecular weight excluding hydrogens is 258 g/mol. The Bertz CT molecular complexity index is 378. The van der Waals surface area contributed by atoms with Crippen LogP contribution in [0.4, 0.5) is 0 Å². The van der Waals surface area contributed by atoms with Gasteiger partial charge in [-0.25, -0.2) is 0 Å². The number of allylic oxidation sites excluding steroid dienone is 2. The zero-order chi connectivity index (χ0) is 14.2. The molecule has 0 amide bonds. The molecule has 2 heterocycles. The number of piperidine rings is 1. The number of piperazine rings is 1. The quantitative estimate of drug-likeness (QED) is 0.735. The number of hydrogen-bond acceptors (Lipinski definition) is 3. The highest BCUT2D eigenvalue weighted by Gasteiger charge is 2.37. The summed E-state index contributed by atoms with van der Waals surface area (Å²) in [5, 5.41) is 0. The first-order valence-electron chi connectivity index (χ1n) is 9.11. The molecule has 4 rings (SSSR count). The standard InChI is InChI=1S/C18H31N3/c1-19-8-10-21(11-9-19)18-4-6-20(7-5-18)14-17-13-15-2-3-16(17)12-15/h2-3,15-18H,4-14H2,1H3/t15-,16-,17+/m1/s1. The largest absolute Gasteiger partial charge is 0.304 e. The van der Waals surface area contributed by atoms with Gasteiger partial charge in [0.05, 0.1) is 0 Å². The average molecular weight is 289 g/mol. The van der Waals surface area contributed by atoms with Crippen molar-refractivity contribution in [2.45, 2.75) is 31.7 Å². The van der Waals surface area contributed by atoms with Gasteiger partial charge in [-0.1, -0.05) is 12.2 Å². The number of nitrogens with zero attached hydrogens (tertiary/aromatic N) is 3. The van der Waals surface area contributed by atoms with Crippen LogP contribution in [0.5, 0.6) is 0 Å². The van der Waals surface area contributed by atoms with Gasteiger partial charge in [-0.15, -0.1) is 0 Å². The van der Waals surface area contributed by atoms with Gasteiger partial charge >= 0.3 is 0 Å². The van der Waals surface area contributed by atoms with E-state index < -0.39 is 0 Å². The minimum Gasteiger partial charge on any atom is -0.304 e. The van der Waals surface area contributed by atoms with Crippen molar-refractivity contribution in [2.24, 2.45) is 17.8 Å². The fourth-order valence-electron chi connectivity index (χ4n) is 5.09. The van der Waals surface area contributed by atoms with Crippen LogP contribution in [0, 0.1) is 17.8 Å². The molecule has 118 valence electrons. The average Bonchev–Trinajstić information content (AvgIpc) is 3.12. The molecule has 3 atom stereocenters. The summed E-state index contributed by atoms with van der Waals surface area (Å²) in [5.41, 5.74) is 0. The van der Waals surface area contributed by atoms with Crippen LogP contribution in [-0.2, 0) is 0 Å². The molecule has 2 aliphatic carbocycles. The van der Waals surface area contributed by atoms with Crippen LogP contribution >= 0.6 is 0 Å². The van der Waals surface area contributed by atoms with Crippen LogP contribution in [-0.4, -0.2) is 73.6 Å². The lowest BCUT2D eigenvalue weighted by Gasteiger charge is -2.42. The second-order valence-corrected chi connectivity index (χ2v) is 7.91. The Morgan fingerprint density at radius 3 is 2.29 bits per heavy atom. The highest BCUT2D eigenvalue weighted by molar-refractivity contribution is 5.10. The molecule has 0 spiro atoms. The number of likely N-dealkylation sites (N-methyl/N-ethyl adjacent to an activating group) is 1. The maximum atomic E-state index is 2.77. The molecule has 3 nitrogen and oxygen atoms in total. The van der Waals surface area contributed by atoms with Crippen LogP contribution in [0.2, 0.25) is 0 Å². The van der Waals surface area contributed by atoms with Gasteiger partial charge in [-0.2, -0.15) is 0 Å². The molecule has 0 aromatic rings. The monoisotopic (exact) mass is 289 g/mol. The van der Waals surface area contributed by atoms with Crippen molar-refractivity contribution >= 4 is 0 Å². The van der Waals surface area contributed by atoms with E-state index in [0.717, 1.165) is 23.8 Å². The van der Waals surface area contributed by atoms with E-state index in [-0.39, 0.29) is 0 Å². The Morgan fingerprint density at radius 2 is 1.67 bits per heavy atom. The molecule has 1 saturated carbocycles. The Kier molecular flexibility index (Phi) is 4.08. The minimum atomic E-state index is 0.870. The minimum absolute atomic E-state index is 0.870. The van der Waals surface area contributed by atoms with E-state index >= 15 is 0 Å². The van der Waals surface area contributed by atoms with Gasteiger partial charge in [0.2, 0.25) is 0 Å². The molecule has 2 bridgehead atoms. The number of likely N-dealkylation sites (tertiary alicyclic amines) is 1. The van der Waals surface area contributed by atoms with Gasteiger partial charge in [-0.05, 0) is 63.6 Å². The number of rotatable bonds is 3. The summed E-state index contributed by atoms with van der Waals surface area (Å²) >= 11 is 0. The summed E-state index contributed by atoms with van der Waals surface area (Å²) in [4.78, 5) is 8.00. The van der Waals surface area contributed by atoms with Gasteiger partial charge in [0.15, 0.2) is 0 Å². The van der Waals surface area contributed by atoms with E-state index in [1.807, 2.05) is 0 Å². The molecule has 0 aromatic heterocycles. The summed E-state index contributed by atoms with van der Waals surface area (Å²) < 4.78 is 0. The Labute approximate surface area is 130 Å². The summed E-state index contributed by atoms with van der Waals surface area (Å²) in [5.74, 6) is 2.83. The van der Waals surface area contributed by atoms with Gasteiger partial charge in [0.1, 0.15) is 0 Å². The van der Waals surface area contributed by atoms with Crippen molar-refractivity contribution in [3.8, 4) is 0 Å². The van der Waals surface area contributed by atoms with Crippen molar-refractivity contribution in [1.29, 1.82) is 0 Å². The summed E-state index contributed by atoms with van der Waals surface area (Å²) in [7, 11) is 2.25. The molecule has 0 aromatic carbocycles. The molecule has 2 aliphatic heterocycles. The lowest BCUT2D eigenvalue weighted by Crippen LogP contribution is -2.52. The van der Waals surface area contributed by atoms with E-state index in [2.05, 4.69) is 33.9 Å². The molecular formula is C18H31N3. The molecule has 0 N–H and O–H groups in total. The third-order valence-electron chi connectivity index (χ3n) is 6.52. The van der Waals surface area contributed by atoms with E-state index in [0.29, 0.717) is 0 Å². The normalized spacial score (nSPS) is 39.4. The predicted molar refractivity (Wildman–Crippen MR) is 87.4 cm³/mol. The molecule has 0 unspecified atom stereocenters. The van der Waals surface area contributed by atoms with E-state index in [4.69, 9.17) is 0 Å². The van der Waals surface area contributed by atoms with Gasteiger partial charge in [0, 0.05) is 38.8 Å². The first-order chi connectivity index (χ1) is 10.3. The highest BCUT2D eigenvalue weighted by Crippen LogP contribution is 2.43. The molecule has 4 aliphatic rings. The summed E-state index contributed by atoms with van der Waals surface area (Å²) in [6.07, 6.45) is 10.7. The maximum Gasteiger partial charge on any atom is 0.0121 e. The molecule has 3 heteroatoms. The molecule has 3 fully saturated rings. The van der Waals surface area contributed by atoms with Crippen LogP contribution in [0.1, 0.15) is 25.7 Å². The fraction of sp³-hybridized carbons (Fsp3) is 0.889. The van der Waals surface area contributed by atoms with E-state index in [9.17, 15) is 0 Å². The first-order valence-corrected chi connectivity index (χ1v) is 9.11. The van der Waals surface area contributed by atoms with Gasteiger partial charge in [-0.3, -0.25) is 4.90 Å². The number of fused-ring (bicyclic) bond motifs is 2. The van der Waals surface area contributed by atoms with E-state index in [1.165, 1.54) is 71.5 Å². The zero-order valence-corrected chi connectivity index (χ0v) is 13.6. The van der Waals surface area contributed by atoms with Crippen LogP contribution in [0.25, 0.3) is 0 Å². The highest BCUT2D eigenvalue weighted by atomic mass is 15.3. The molecule has 21 heavy (non-hydrogen) atoms. The molecule has 2 saturated heterocycles. The second-order valence-electron chi connectivity index (χ2n) is 7.91. The lowest BCUT2D eigenvalue weighted by molar-refractivity contribution is 0.0619. The van der Waals surface area contributed by atoms with Crippen molar-refractivity contribution in [3.63, 3.8) is 0 Å². The third kappa shape index (κ3) is 3.06. The van der Waals surface area contributed by atoms with Crippen LogP contribution < -0.4 is 0 Å². The van der Waals surface area contributed by atoms with Crippen LogP contribution in [0.3, 0.4) is 0 Å². The van der Waals surface area contributed by atoms with Crippen LogP contribution in [0.15, 0.2) is 12.2 Å². The third-order valence-corrected chi connectivity index (χ3v) is 6.52. The maximum absolute atomic E-state index is 2.77. The van der Waals surface area contributed by atoms with Gasteiger partial charge < -0.3 is 9.80 Å². The smallest absolute Gasteiger partial charge is 0.0121 e. The molecule has 0 radical (unpaired) electrons. The zero-order valence-electron chi connectivity index (χ0n) is 13.6. The van der Waals surface area contributed by atoms with Crippen molar-refractivity contribution in [2.75, 3.05) is 52.9 Å². The summed E-state index contributed by atoms with van der Waals surface area (Å²) in [6.45, 7) is 9.16. The lowest BCUT2D eigenvalue weighted by atomic mass is 9.92. The SMILES string of the molecule is CN1CCN(C2CCN(C[C@@H]3C[C@@H]4C=C[C@@H]3C4)CC2)CC1. The van der Waals surface area contributed by atoms with E-state index in [1.54, 1.807) is 0 Å².